The van der Waals surface area contributed by atoms with Crippen molar-refractivity contribution < 1.29 is 37.9 Å². The van der Waals surface area contributed by atoms with Gasteiger partial charge in [-0.3, -0.25) is 0 Å². The largest absolute Gasteiger partial charge is 0.508 e. The topological polar surface area (TPSA) is 103 Å². The van der Waals surface area contributed by atoms with E-state index in [4.69, 9.17) is 0 Å². The van der Waals surface area contributed by atoms with Crippen LogP contribution in [0, 0.1) is 11.8 Å². The standard InChI is InChI=1S/2C10H14O.Co.2H2O/c2*1-8(2)7-9-5-3-4-6-10(9)11;;;/h2*3-6,8,11H,7H2,1-2H3;;2*1H2. The molecule has 0 bridgehead atoms. The predicted molar refractivity (Wildman–Crippen MR) is 101 cm³/mol. The van der Waals surface area contributed by atoms with Crippen LogP contribution >= 0.6 is 0 Å². The van der Waals surface area contributed by atoms with E-state index >= 15 is 0 Å². The van der Waals surface area contributed by atoms with Gasteiger partial charge in [0.25, 0.3) is 0 Å². The van der Waals surface area contributed by atoms with Crippen molar-refractivity contribution in [2.75, 3.05) is 0 Å². The van der Waals surface area contributed by atoms with Gasteiger partial charge in [0.05, 0.1) is 0 Å². The molecule has 0 saturated carbocycles. The van der Waals surface area contributed by atoms with Crippen LogP contribution in [0.5, 0.6) is 11.5 Å². The second kappa shape index (κ2) is 14.8. The zero-order chi connectivity index (χ0) is 16.5. The zero-order valence-electron chi connectivity index (χ0n) is 15.4. The van der Waals surface area contributed by atoms with Crippen molar-refractivity contribution in [3.05, 3.63) is 59.7 Å². The van der Waals surface area contributed by atoms with Crippen molar-refractivity contribution in [1.29, 1.82) is 0 Å². The quantitative estimate of drug-likeness (QED) is 0.827. The van der Waals surface area contributed by atoms with Crippen molar-refractivity contribution in [3.63, 3.8) is 0 Å². The van der Waals surface area contributed by atoms with Crippen LogP contribution in [0.2, 0.25) is 0 Å². The summed E-state index contributed by atoms with van der Waals surface area (Å²) in [6.45, 7) is 8.58. The van der Waals surface area contributed by atoms with Gasteiger partial charge in [0.2, 0.25) is 0 Å². The van der Waals surface area contributed by atoms with Crippen LogP contribution in [0.3, 0.4) is 0 Å². The fourth-order valence-electron chi connectivity index (χ4n) is 2.25. The van der Waals surface area contributed by atoms with Crippen LogP contribution in [0.1, 0.15) is 38.8 Å². The van der Waals surface area contributed by atoms with Crippen LogP contribution in [0.4, 0.5) is 0 Å². The fraction of sp³-hybridized carbons (Fsp3) is 0.400. The minimum absolute atomic E-state index is 0. The third kappa shape index (κ3) is 11.6. The summed E-state index contributed by atoms with van der Waals surface area (Å²) < 4.78 is 0. The van der Waals surface area contributed by atoms with E-state index < -0.39 is 0 Å². The minimum atomic E-state index is 0. The van der Waals surface area contributed by atoms with Gasteiger partial charge in [-0.05, 0) is 47.9 Å². The molecule has 0 amide bonds. The molecule has 0 aliphatic carbocycles. The summed E-state index contributed by atoms with van der Waals surface area (Å²) in [6, 6.07) is 15.0. The minimum Gasteiger partial charge on any atom is -0.508 e. The molecule has 2 aromatic rings. The summed E-state index contributed by atoms with van der Waals surface area (Å²) in [6.07, 6.45) is 1.90. The van der Waals surface area contributed by atoms with E-state index in [0.29, 0.717) is 23.3 Å². The van der Waals surface area contributed by atoms with E-state index in [1.165, 1.54) is 0 Å². The number of para-hydroxylation sites is 2. The maximum Gasteiger partial charge on any atom is 0.118 e. The normalized spacial score (nSPS) is 9.20. The van der Waals surface area contributed by atoms with Crippen LogP contribution < -0.4 is 0 Å². The summed E-state index contributed by atoms with van der Waals surface area (Å²) in [5, 5.41) is 18.7. The van der Waals surface area contributed by atoms with Gasteiger partial charge in [-0.1, -0.05) is 64.1 Å². The molecule has 25 heavy (non-hydrogen) atoms. The third-order valence-electron chi connectivity index (χ3n) is 3.24. The monoisotopic (exact) mass is 395 g/mol. The Bertz CT molecular complexity index is 520. The summed E-state index contributed by atoms with van der Waals surface area (Å²) in [7, 11) is 0. The van der Waals surface area contributed by atoms with Crippen molar-refractivity contribution in [2.24, 2.45) is 11.8 Å². The van der Waals surface area contributed by atoms with Crippen molar-refractivity contribution in [3.8, 4) is 11.5 Å². The van der Waals surface area contributed by atoms with Gasteiger partial charge >= 0.3 is 0 Å². The zero-order valence-corrected chi connectivity index (χ0v) is 16.5. The van der Waals surface area contributed by atoms with E-state index in [1.807, 2.05) is 36.4 Å². The van der Waals surface area contributed by atoms with Crippen molar-refractivity contribution in [1.82, 2.24) is 0 Å². The van der Waals surface area contributed by atoms with Gasteiger partial charge in [-0.15, -0.1) is 0 Å². The Morgan fingerprint density at radius 1 is 0.640 bits per heavy atom. The molecule has 0 aromatic heterocycles. The maximum atomic E-state index is 9.36. The maximum absolute atomic E-state index is 9.36. The number of hydrogen-bond donors (Lipinski definition) is 2. The smallest absolute Gasteiger partial charge is 0.118 e. The van der Waals surface area contributed by atoms with Gasteiger partial charge in [0.1, 0.15) is 11.5 Å². The molecule has 0 fully saturated rings. The first-order valence-corrected chi connectivity index (χ1v) is 7.93. The SMILES string of the molecule is CC(C)Cc1ccccc1O.CC(C)Cc1ccccc1O.O.O.[Co]. The Kier molecular flexibility index (Phi) is 16.7. The number of rotatable bonds is 4. The molecule has 0 aliphatic rings. The molecule has 4 nitrogen and oxygen atoms in total. The molecule has 0 saturated heterocycles. The van der Waals surface area contributed by atoms with E-state index in [9.17, 15) is 10.2 Å². The van der Waals surface area contributed by atoms with Gasteiger partial charge in [-0.25, -0.2) is 0 Å². The van der Waals surface area contributed by atoms with Crippen molar-refractivity contribution >= 4 is 0 Å². The van der Waals surface area contributed by atoms with Crippen LogP contribution in [0.25, 0.3) is 0 Å². The Morgan fingerprint density at radius 3 is 1.16 bits per heavy atom. The first-order valence-electron chi connectivity index (χ1n) is 7.93. The summed E-state index contributed by atoms with van der Waals surface area (Å²) in [5.41, 5.74) is 2.09. The first-order chi connectivity index (χ1) is 10.4. The van der Waals surface area contributed by atoms with E-state index in [2.05, 4.69) is 27.7 Å². The summed E-state index contributed by atoms with van der Waals surface area (Å²) in [4.78, 5) is 0. The molecule has 145 valence electrons. The van der Waals surface area contributed by atoms with Gasteiger partial charge in [-0.2, -0.15) is 0 Å². The van der Waals surface area contributed by atoms with E-state index in [-0.39, 0.29) is 27.7 Å². The number of phenols is 2. The van der Waals surface area contributed by atoms with Gasteiger partial charge in [0.15, 0.2) is 0 Å². The molecular weight excluding hydrogens is 363 g/mol. The molecule has 0 aliphatic heterocycles. The average molecular weight is 395 g/mol. The van der Waals surface area contributed by atoms with Crippen LogP contribution in [-0.4, -0.2) is 21.2 Å². The molecular formula is C20H32CoO4. The fourth-order valence-corrected chi connectivity index (χ4v) is 2.25. The predicted octanol–water partition coefficient (Wildman–Crippen LogP) is 3.53. The molecule has 6 N–H and O–H groups in total. The molecule has 0 spiro atoms. The van der Waals surface area contributed by atoms with Crippen molar-refractivity contribution in [2.45, 2.75) is 40.5 Å². The Morgan fingerprint density at radius 2 is 0.920 bits per heavy atom. The Balaban J connectivity index is -0.000000346. The number of benzene rings is 2. The average Bonchev–Trinajstić information content (AvgIpc) is 2.44. The molecule has 2 rings (SSSR count). The Labute approximate surface area is 161 Å². The second-order valence-electron chi connectivity index (χ2n) is 6.45. The number of phenolic OH excluding ortho intramolecular Hbond substituents is 2. The van der Waals surface area contributed by atoms with Gasteiger partial charge < -0.3 is 21.2 Å². The van der Waals surface area contributed by atoms with E-state index in [0.717, 1.165) is 24.0 Å². The van der Waals surface area contributed by atoms with E-state index in [1.54, 1.807) is 12.1 Å². The Hall–Kier alpha value is -1.53. The number of aromatic hydroxyl groups is 2. The molecule has 1 radical (unpaired) electrons. The summed E-state index contributed by atoms with van der Waals surface area (Å²) in [5.74, 6) is 2.04. The third-order valence-corrected chi connectivity index (χ3v) is 3.24. The summed E-state index contributed by atoms with van der Waals surface area (Å²) >= 11 is 0. The van der Waals surface area contributed by atoms with Gasteiger partial charge in [0, 0.05) is 16.8 Å². The molecule has 5 heteroatoms. The molecule has 0 unspecified atom stereocenters. The first kappa shape index (κ1) is 28.3. The molecule has 0 heterocycles. The molecule has 2 aromatic carbocycles. The molecule has 0 atom stereocenters. The van der Waals surface area contributed by atoms with Crippen LogP contribution in [-0.2, 0) is 29.6 Å². The number of hydrogen-bond acceptors (Lipinski definition) is 2. The second-order valence-corrected chi connectivity index (χ2v) is 6.45. The van der Waals surface area contributed by atoms with Crippen LogP contribution in [0.15, 0.2) is 48.5 Å².